The van der Waals surface area contributed by atoms with Gasteiger partial charge in [0.25, 0.3) is 0 Å². The Balaban J connectivity index is 1.53. The number of methoxy groups -OCH3 is 1. The lowest BCUT2D eigenvalue weighted by molar-refractivity contribution is -0.161. The van der Waals surface area contributed by atoms with Crippen molar-refractivity contribution in [1.29, 1.82) is 0 Å². The van der Waals surface area contributed by atoms with Crippen LogP contribution in [0.25, 0.3) is 0 Å². The van der Waals surface area contributed by atoms with E-state index in [0.717, 1.165) is 37.8 Å². The summed E-state index contributed by atoms with van der Waals surface area (Å²) in [6, 6.07) is 9.66. The number of carbonyl (C=O) groups excluding carboxylic acids is 2. The SMILES string of the molecule is COC(=O)C12CCC(NC(=O)OCc3ccccc3)CC1CCNC2. The summed E-state index contributed by atoms with van der Waals surface area (Å²) in [4.78, 5) is 24.4. The Hall–Kier alpha value is -2.08. The van der Waals surface area contributed by atoms with Crippen LogP contribution in [0.2, 0.25) is 0 Å². The molecule has 1 aliphatic heterocycles. The van der Waals surface area contributed by atoms with E-state index in [0.29, 0.717) is 6.54 Å². The second kappa shape index (κ2) is 7.87. The standard InChI is InChI=1S/C19H26N2O4/c1-24-17(22)19-9-7-16(11-15(19)8-10-20-13-19)21-18(23)25-12-14-5-3-2-4-6-14/h2-6,15-16,20H,7-13H2,1H3,(H,21,23). The Bertz CT molecular complexity index is 607. The highest BCUT2D eigenvalue weighted by Crippen LogP contribution is 2.45. The zero-order valence-corrected chi connectivity index (χ0v) is 14.6. The molecule has 1 aliphatic carbocycles. The van der Waals surface area contributed by atoms with E-state index in [1.165, 1.54) is 7.11 Å². The van der Waals surface area contributed by atoms with E-state index < -0.39 is 11.5 Å². The monoisotopic (exact) mass is 346 g/mol. The van der Waals surface area contributed by atoms with E-state index >= 15 is 0 Å². The minimum Gasteiger partial charge on any atom is -0.469 e. The van der Waals surface area contributed by atoms with Gasteiger partial charge >= 0.3 is 12.1 Å². The normalized spacial score (nSPS) is 28.5. The van der Waals surface area contributed by atoms with Crippen LogP contribution >= 0.6 is 0 Å². The predicted octanol–water partition coefficient (Wildman–Crippen LogP) is 2.23. The van der Waals surface area contributed by atoms with Crippen molar-refractivity contribution < 1.29 is 19.1 Å². The van der Waals surface area contributed by atoms with Crippen LogP contribution in [0.4, 0.5) is 4.79 Å². The summed E-state index contributed by atoms with van der Waals surface area (Å²) < 4.78 is 10.4. The van der Waals surface area contributed by atoms with E-state index in [9.17, 15) is 9.59 Å². The van der Waals surface area contributed by atoms with Crippen molar-refractivity contribution in [2.75, 3.05) is 20.2 Å². The molecule has 2 fully saturated rings. The molecule has 1 heterocycles. The predicted molar refractivity (Wildman–Crippen MR) is 92.8 cm³/mol. The Kier molecular flexibility index (Phi) is 5.58. The van der Waals surface area contributed by atoms with Gasteiger partial charge in [-0.05, 0) is 43.7 Å². The van der Waals surface area contributed by atoms with E-state index in [2.05, 4.69) is 10.6 Å². The van der Waals surface area contributed by atoms with Gasteiger partial charge in [0, 0.05) is 12.6 Å². The minimum atomic E-state index is -0.445. The van der Waals surface area contributed by atoms with Crippen LogP contribution in [0, 0.1) is 11.3 Å². The minimum absolute atomic E-state index is 0.0455. The van der Waals surface area contributed by atoms with Crippen molar-refractivity contribution in [3.05, 3.63) is 35.9 Å². The molecule has 2 aliphatic rings. The molecule has 1 aromatic rings. The van der Waals surface area contributed by atoms with Crippen molar-refractivity contribution in [3.8, 4) is 0 Å². The molecule has 3 atom stereocenters. The van der Waals surface area contributed by atoms with Crippen LogP contribution in [0.1, 0.15) is 31.2 Å². The zero-order valence-electron chi connectivity index (χ0n) is 14.6. The number of rotatable bonds is 4. The summed E-state index contributed by atoms with van der Waals surface area (Å²) in [6.45, 7) is 1.82. The maximum atomic E-state index is 12.3. The molecule has 3 rings (SSSR count). The first-order valence-electron chi connectivity index (χ1n) is 8.90. The van der Waals surface area contributed by atoms with Gasteiger partial charge in [-0.25, -0.2) is 4.79 Å². The maximum absolute atomic E-state index is 12.3. The first-order chi connectivity index (χ1) is 12.1. The van der Waals surface area contributed by atoms with Gasteiger partial charge in [0.2, 0.25) is 0 Å². The number of piperidine rings is 1. The molecule has 0 spiro atoms. The van der Waals surface area contributed by atoms with E-state index in [-0.39, 0.29) is 24.5 Å². The number of hydrogen-bond acceptors (Lipinski definition) is 5. The smallest absolute Gasteiger partial charge is 0.407 e. The second-order valence-corrected chi connectivity index (χ2v) is 6.99. The number of benzene rings is 1. The second-order valence-electron chi connectivity index (χ2n) is 6.99. The van der Waals surface area contributed by atoms with E-state index in [4.69, 9.17) is 9.47 Å². The molecule has 136 valence electrons. The summed E-state index contributed by atoms with van der Waals surface area (Å²) in [5.41, 5.74) is 0.517. The Morgan fingerprint density at radius 2 is 2.08 bits per heavy atom. The average molecular weight is 346 g/mol. The van der Waals surface area contributed by atoms with Gasteiger partial charge in [-0.15, -0.1) is 0 Å². The molecule has 1 amide bonds. The first kappa shape index (κ1) is 17.7. The van der Waals surface area contributed by atoms with Gasteiger partial charge < -0.3 is 20.1 Å². The molecule has 2 N–H and O–H groups in total. The lowest BCUT2D eigenvalue weighted by Crippen LogP contribution is -2.57. The van der Waals surface area contributed by atoms with Gasteiger partial charge in [-0.3, -0.25) is 4.79 Å². The molecule has 0 bridgehead atoms. The third kappa shape index (κ3) is 3.95. The number of hydrogen-bond donors (Lipinski definition) is 2. The third-order valence-electron chi connectivity index (χ3n) is 5.53. The molecule has 25 heavy (non-hydrogen) atoms. The molecule has 1 saturated carbocycles. The highest BCUT2D eigenvalue weighted by Gasteiger charge is 2.51. The van der Waals surface area contributed by atoms with Gasteiger partial charge in [-0.1, -0.05) is 30.3 Å². The Labute approximate surface area is 148 Å². The summed E-state index contributed by atoms with van der Waals surface area (Å²) >= 11 is 0. The molecule has 1 aromatic carbocycles. The number of carbonyl (C=O) groups is 2. The number of alkyl carbamates (subject to hydrolysis) is 1. The zero-order chi connectivity index (χ0) is 17.7. The summed E-state index contributed by atoms with van der Waals surface area (Å²) in [7, 11) is 1.45. The van der Waals surface area contributed by atoms with E-state index in [1.807, 2.05) is 30.3 Å². The number of fused-ring (bicyclic) bond motifs is 1. The summed E-state index contributed by atoms with van der Waals surface area (Å²) in [5.74, 6) is 0.101. The van der Waals surface area contributed by atoms with Gasteiger partial charge in [0.1, 0.15) is 6.61 Å². The molecular weight excluding hydrogens is 320 g/mol. The number of nitrogens with one attached hydrogen (secondary N) is 2. The summed E-state index contributed by atoms with van der Waals surface area (Å²) in [6.07, 6.45) is 2.80. The van der Waals surface area contributed by atoms with Crippen LogP contribution in [-0.4, -0.2) is 38.3 Å². The number of amides is 1. The fourth-order valence-corrected chi connectivity index (χ4v) is 4.14. The largest absolute Gasteiger partial charge is 0.469 e. The van der Waals surface area contributed by atoms with Crippen molar-refractivity contribution in [3.63, 3.8) is 0 Å². The molecule has 1 saturated heterocycles. The fraction of sp³-hybridized carbons (Fsp3) is 0.579. The lowest BCUT2D eigenvalue weighted by Gasteiger charge is -2.47. The van der Waals surface area contributed by atoms with Gasteiger partial charge in [0.05, 0.1) is 12.5 Å². The van der Waals surface area contributed by atoms with E-state index in [1.54, 1.807) is 0 Å². The lowest BCUT2D eigenvalue weighted by atomic mass is 9.62. The molecule has 3 unspecified atom stereocenters. The van der Waals surface area contributed by atoms with Gasteiger partial charge in [0.15, 0.2) is 0 Å². The maximum Gasteiger partial charge on any atom is 0.407 e. The highest BCUT2D eigenvalue weighted by atomic mass is 16.5. The van der Waals surface area contributed by atoms with Crippen molar-refractivity contribution >= 4 is 12.1 Å². The number of esters is 1. The highest BCUT2D eigenvalue weighted by molar-refractivity contribution is 5.78. The van der Waals surface area contributed by atoms with Crippen molar-refractivity contribution in [1.82, 2.24) is 10.6 Å². The fourth-order valence-electron chi connectivity index (χ4n) is 4.14. The molecule has 6 nitrogen and oxygen atoms in total. The topological polar surface area (TPSA) is 76.7 Å². The quantitative estimate of drug-likeness (QED) is 0.818. The van der Waals surface area contributed by atoms with Crippen LogP contribution in [0.5, 0.6) is 0 Å². The third-order valence-corrected chi connectivity index (χ3v) is 5.53. The van der Waals surface area contributed by atoms with Crippen LogP contribution in [0.15, 0.2) is 30.3 Å². The Morgan fingerprint density at radius 3 is 2.84 bits per heavy atom. The van der Waals surface area contributed by atoms with Gasteiger partial charge in [-0.2, -0.15) is 0 Å². The van der Waals surface area contributed by atoms with Crippen LogP contribution in [-0.2, 0) is 20.9 Å². The Morgan fingerprint density at radius 1 is 1.28 bits per heavy atom. The first-order valence-corrected chi connectivity index (χ1v) is 8.90. The van der Waals surface area contributed by atoms with Crippen LogP contribution in [0.3, 0.4) is 0 Å². The molecular formula is C19H26N2O4. The molecule has 6 heteroatoms. The van der Waals surface area contributed by atoms with Crippen molar-refractivity contribution in [2.24, 2.45) is 11.3 Å². The number of ether oxygens (including phenoxy) is 2. The summed E-state index contributed by atoms with van der Waals surface area (Å²) in [5, 5.41) is 6.28. The average Bonchev–Trinajstić information content (AvgIpc) is 2.66. The molecule has 0 aromatic heterocycles. The van der Waals surface area contributed by atoms with Crippen molar-refractivity contribution in [2.45, 2.75) is 38.3 Å². The molecule has 0 radical (unpaired) electrons. The van der Waals surface area contributed by atoms with Crippen LogP contribution < -0.4 is 10.6 Å².